The van der Waals surface area contributed by atoms with Crippen LogP contribution in [0.3, 0.4) is 0 Å². The molecule has 1 aromatic carbocycles. The Morgan fingerprint density at radius 3 is 2.46 bits per heavy atom. The normalized spacial score (nSPS) is 13.8. The summed E-state index contributed by atoms with van der Waals surface area (Å²) in [6, 6.07) is 13.3. The predicted molar refractivity (Wildman–Crippen MR) is 110 cm³/mol. The van der Waals surface area contributed by atoms with Crippen LogP contribution in [0.2, 0.25) is 0 Å². The molecule has 0 aliphatic carbocycles. The molecule has 1 amide bonds. The Labute approximate surface area is 163 Å². The molecular weight excluding hydrogens is 354 g/mol. The molecule has 0 radical (unpaired) electrons. The van der Waals surface area contributed by atoms with Crippen LogP contribution in [0.1, 0.15) is 0 Å². The first kappa shape index (κ1) is 17.9. The molecule has 4 rings (SSSR count). The summed E-state index contributed by atoms with van der Waals surface area (Å²) in [6.07, 6.45) is 4.22. The van der Waals surface area contributed by atoms with Gasteiger partial charge in [0.25, 0.3) is 0 Å². The van der Waals surface area contributed by atoms with E-state index >= 15 is 0 Å². The number of rotatable bonds is 6. The van der Waals surface area contributed by atoms with E-state index in [4.69, 9.17) is 0 Å². The maximum Gasteiger partial charge on any atom is 0.227 e. The molecule has 0 saturated carbocycles. The van der Waals surface area contributed by atoms with Gasteiger partial charge < -0.3 is 20.9 Å². The second-order valence-electron chi connectivity index (χ2n) is 6.37. The summed E-state index contributed by atoms with van der Waals surface area (Å²) < 4.78 is 0. The van der Waals surface area contributed by atoms with Crippen molar-refractivity contribution in [3.8, 4) is 11.3 Å². The van der Waals surface area contributed by atoms with Crippen LogP contribution in [-0.2, 0) is 4.79 Å². The monoisotopic (exact) mass is 375 g/mol. The number of carbonyl (C=O) groups excluding carboxylic acids is 1. The van der Waals surface area contributed by atoms with Crippen LogP contribution >= 0.6 is 0 Å². The van der Waals surface area contributed by atoms with E-state index in [1.807, 2.05) is 36.5 Å². The van der Waals surface area contributed by atoms with E-state index in [0.29, 0.717) is 12.4 Å². The quantitative estimate of drug-likeness (QED) is 0.569. The van der Waals surface area contributed by atoms with Crippen molar-refractivity contribution in [1.82, 2.24) is 20.3 Å². The average Bonchev–Trinajstić information content (AvgIpc) is 2.76. The number of aromatic nitrogens is 3. The van der Waals surface area contributed by atoms with Gasteiger partial charge in [0.15, 0.2) is 0 Å². The molecule has 3 heterocycles. The fraction of sp³-hybridized carbons (Fsp3) is 0.200. The van der Waals surface area contributed by atoms with Crippen LogP contribution in [-0.4, -0.2) is 47.5 Å². The molecule has 1 saturated heterocycles. The van der Waals surface area contributed by atoms with Gasteiger partial charge in [-0.3, -0.25) is 4.79 Å². The van der Waals surface area contributed by atoms with Crippen molar-refractivity contribution >= 4 is 29.6 Å². The largest absolute Gasteiger partial charge is 0.354 e. The first-order valence-electron chi connectivity index (χ1n) is 9.14. The summed E-state index contributed by atoms with van der Waals surface area (Å²) in [5.41, 5.74) is 3.30. The summed E-state index contributed by atoms with van der Waals surface area (Å²) in [5, 5.41) is 9.12. The number of carbonyl (C=O) groups is 1. The van der Waals surface area contributed by atoms with E-state index in [1.54, 1.807) is 18.3 Å². The Kier molecular flexibility index (Phi) is 5.39. The SMILES string of the molecule is O=CNc1ccc(Nc2nccc(-c3ccc(N4CCNCC4)nc3)n2)cc1. The van der Waals surface area contributed by atoms with Crippen LogP contribution in [0, 0.1) is 0 Å². The molecule has 1 aliphatic heterocycles. The van der Waals surface area contributed by atoms with Crippen molar-refractivity contribution in [3.05, 3.63) is 54.9 Å². The van der Waals surface area contributed by atoms with Crippen LogP contribution in [0.5, 0.6) is 0 Å². The summed E-state index contributed by atoms with van der Waals surface area (Å²) in [6.45, 7) is 3.90. The molecule has 1 fully saturated rings. The minimum Gasteiger partial charge on any atom is -0.354 e. The molecule has 8 nitrogen and oxygen atoms in total. The molecule has 0 spiro atoms. The second kappa shape index (κ2) is 8.45. The Morgan fingerprint density at radius 2 is 1.75 bits per heavy atom. The van der Waals surface area contributed by atoms with Gasteiger partial charge >= 0.3 is 0 Å². The topological polar surface area (TPSA) is 95.1 Å². The number of benzene rings is 1. The lowest BCUT2D eigenvalue weighted by molar-refractivity contribution is -0.105. The third kappa shape index (κ3) is 4.24. The Bertz CT molecular complexity index is 922. The fourth-order valence-corrected chi connectivity index (χ4v) is 3.05. The van der Waals surface area contributed by atoms with Crippen molar-refractivity contribution in [2.75, 3.05) is 41.7 Å². The lowest BCUT2D eigenvalue weighted by Gasteiger charge is -2.28. The molecule has 28 heavy (non-hydrogen) atoms. The van der Waals surface area contributed by atoms with Gasteiger partial charge in [0, 0.05) is 55.5 Å². The number of amides is 1. The summed E-state index contributed by atoms with van der Waals surface area (Å²) in [7, 11) is 0. The maximum absolute atomic E-state index is 10.5. The summed E-state index contributed by atoms with van der Waals surface area (Å²) >= 11 is 0. The van der Waals surface area contributed by atoms with Gasteiger partial charge in [-0.05, 0) is 42.5 Å². The van der Waals surface area contributed by atoms with Crippen molar-refractivity contribution < 1.29 is 4.79 Å². The number of hydrogen-bond donors (Lipinski definition) is 3. The lowest BCUT2D eigenvalue weighted by atomic mass is 10.2. The number of hydrogen-bond acceptors (Lipinski definition) is 7. The zero-order valence-electron chi connectivity index (χ0n) is 15.3. The zero-order valence-corrected chi connectivity index (χ0v) is 15.3. The van der Waals surface area contributed by atoms with Crippen molar-refractivity contribution in [2.45, 2.75) is 0 Å². The highest BCUT2D eigenvalue weighted by Gasteiger charge is 2.12. The van der Waals surface area contributed by atoms with Crippen molar-refractivity contribution in [1.29, 1.82) is 0 Å². The molecule has 0 unspecified atom stereocenters. The van der Waals surface area contributed by atoms with Crippen LogP contribution in [0.4, 0.5) is 23.1 Å². The Hall–Kier alpha value is -3.52. The standard InChI is InChI=1S/C20H21N7O/c28-14-24-16-2-4-17(5-3-16)25-20-22-8-7-18(26-20)15-1-6-19(23-13-15)27-11-9-21-10-12-27/h1-8,13-14,21H,9-12H2,(H,24,28)(H,22,25,26). The van der Waals surface area contributed by atoms with E-state index in [9.17, 15) is 4.79 Å². The van der Waals surface area contributed by atoms with Gasteiger partial charge in [0.05, 0.1) is 5.69 Å². The molecular formula is C20H21N7O. The number of nitrogens with zero attached hydrogens (tertiary/aromatic N) is 4. The summed E-state index contributed by atoms with van der Waals surface area (Å²) in [5.74, 6) is 1.49. The maximum atomic E-state index is 10.5. The molecule has 0 bridgehead atoms. The number of anilines is 4. The first-order chi connectivity index (χ1) is 13.8. The fourth-order valence-electron chi connectivity index (χ4n) is 3.05. The third-order valence-electron chi connectivity index (χ3n) is 4.51. The van der Waals surface area contributed by atoms with Crippen LogP contribution in [0.15, 0.2) is 54.9 Å². The highest BCUT2D eigenvalue weighted by atomic mass is 16.1. The highest BCUT2D eigenvalue weighted by molar-refractivity contribution is 5.72. The zero-order chi connectivity index (χ0) is 19.2. The van der Waals surface area contributed by atoms with Crippen LogP contribution in [0.25, 0.3) is 11.3 Å². The van der Waals surface area contributed by atoms with E-state index in [2.05, 4.69) is 35.8 Å². The first-order valence-corrected chi connectivity index (χ1v) is 9.14. The summed E-state index contributed by atoms with van der Waals surface area (Å²) in [4.78, 5) is 26.2. The second-order valence-corrected chi connectivity index (χ2v) is 6.37. The lowest BCUT2D eigenvalue weighted by Crippen LogP contribution is -2.43. The molecule has 8 heteroatoms. The molecule has 142 valence electrons. The number of nitrogens with one attached hydrogen (secondary N) is 3. The smallest absolute Gasteiger partial charge is 0.227 e. The average molecular weight is 375 g/mol. The van der Waals surface area contributed by atoms with E-state index < -0.39 is 0 Å². The van der Waals surface area contributed by atoms with Gasteiger partial charge in [-0.15, -0.1) is 0 Å². The van der Waals surface area contributed by atoms with Gasteiger partial charge in [-0.25, -0.2) is 15.0 Å². The van der Waals surface area contributed by atoms with E-state index in [-0.39, 0.29) is 0 Å². The van der Waals surface area contributed by atoms with Crippen molar-refractivity contribution in [2.24, 2.45) is 0 Å². The van der Waals surface area contributed by atoms with E-state index in [0.717, 1.165) is 54.6 Å². The van der Waals surface area contributed by atoms with Gasteiger partial charge in [-0.1, -0.05) is 0 Å². The van der Waals surface area contributed by atoms with Gasteiger partial charge in [0.1, 0.15) is 5.82 Å². The number of pyridine rings is 1. The minimum absolute atomic E-state index is 0.500. The van der Waals surface area contributed by atoms with Crippen molar-refractivity contribution in [3.63, 3.8) is 0 Å². The molecule has 0 atom stereocenters. The predicted octanol–water partition coefficient (Wildman–Crippen LogP) is 2.26. The third-order valence-corrected chi connectivity index (χ3v) is 4.51. The molecule has 3 N–H and O–H groups in total. The van der Waals surface area contributed by atoms with Crippen LogP contribution < -0.4 is 20.9 Å². The molecule has 1 aliphatic rings. The number of piperazine rings is 1. The minimum atomic E-state index is 0.500. The Morgan fingerprint density at radius 1 is 0.964 bits per heavy atom. The molecule has 2 aromatic heterocycles. The molecule has 3 aromatic rings. The van der Waals surface area contributed by atoms with Gasteiger partial charge in [0.2, 0.25) is 12.4 Å². The highest BCUT2D eigenvalue weighted by Crippen LogP contribution is 2.22. The van der Waals surface area contributed by atoms with Gasteiger partial charge in [-0.2, -0.15) is 0 Å². The van der Waals surface area contributed by atoms with E-state index in [1.165, 1.54) is 0 Å². The Balaban J connectivity index is 1.47.